The van der Waals surface area contributed by atoms with Gasteiger partial charge in [-0.15, -0.1) is 0 Å². The molecule has 0 aliphatic carbocycles. The minimum Gasteiger partial charge on any atom is -0.382 e. The average molecular weight is 300 g/mol. The van der Waals surface area contributed by atoms with Crippen LogP contribution < -0.4 is 5.73 Å². The highest BCUT2D eigenvalue weighted by atomic mass is 15.0. The highest BCUT2D eigenvalue weighted by molar-refractivity contribution is 5.97. The molecule has 4 heteroatoms. The molecule has 112 valence electrons. The first-order chi connectivity index (χ1) is 11.3. The molecular formula is C19H16N4. The van der Waals surface area contributed by atoms with E-state index in [-0.39, 0.29) is 0 Å². The molecule has 0 aliphatic rings. The van der Waals surface area contributed by atoms with Gasteiger partial charge in [0.2, 0.25) is 0 Å². The van der Waals surface area contributed by atoms with Crippen molar-refractivity contribution in [3.8, 4) is 11.1 Å². The van der Waals surface area contributed by atoms with Gasteiger partial charge in [-0.05, 0) is 11.1 Å². The molecule has 0 amide bonds. The number of fused-ring (bicyclic) bond motifs is 1. The summed E-state index contributed by atoms with van der Waals surface area (Å²) in [5.41, 5.74) is 11.3. The van der Waals surface area contributed by atoms with Gasteiger partial charge in [0.05, 0.1) is 0 Å². The maximum Gasteiger partial charge on any atom is 0.151 e. The quantitative estimate of drug-likeness (QED) is 0.627. The van der Waals surface area contributed by atoms with E-state index in [2.05, 4.69) is 45.0 Å². The molecule has 0 aliphatic heterocycles. The molecule has 23 heavy (non-hydrogen) atoms. The van der Waals surface area contributed by atoms with E-state index in [0.29, 0.717) is 5.82 Å². The monoisotopic (exact) mass is 300 g/mol. The van der Waals surface area contributed by atoms with Crippen molar-refractivity contribution in [1.29, 1.82) is 0 Å². The lowest BCUT2D eigenvalue weighted by Crippen LogP contribution is -2.01. The molecule has 4 aromatic rings. The summed E-state index contributed by atoms with van der Waals surface area (Å²) in [6, 6.07) is 20.5. The van der Waals surface area contributed by atoms with Crippen LogP contribution in [0.25, 0.3) is 22.2 Å². The number of aromatic nitrogens is 3. The Labute approximate surface area is 134 Å². The van der Waals surface area contributed by atoms with E-state index >= 15 is 0 Å². The van der Waals surface area contributed by atoms with Crippen molar-refractivity contribution >= 4 is 16.9 Å². The molecule has 0 spiro atoms. The van der Waals surface area contributed by atoms with Gasteiger partial charge >= 0.3 is 0 Å². The second-order valence-corrected chi connectivity index (χ2v) is 5.48. The number of nitrogens with two attached hydrogens (primary N) is 1. The predicted octanol–water partition coefficient (Wildman–Crippen LogP) is 3.73. The molecule has 0 radical (unpaired) electrons. The zero-order valence-electron chi connectivity index (χ0n) is 12.6. The fourth-order valence-electron chi connectivity index (χ4n) is 2.89. The maximum absolute atomic E-state index is 6.13. The Kier molecular flexibility index (Phi) is 3.27. The zero-order chi connectivity index (χ0) is 15.6. The second-order valence-electron chi connectivity index (χ2n) is 5.48. The lowest BCUT2D eigenvalue weighted by Gasteiger charge is -2.06. The van der Waals surface area contributed by atoms with Gasteiger partial charge in [-0.25, -0.2) is 9.97 Å². The number of anilines is 1. The van der Waals surface area contributed by atoms with Crippen LogP contribution >= 0.6 is 0 Å². The molecule has 4 nitrogen and oxygen atoms in total. The van der Waals surface area contributed by atoms with Gasteiger partial charge in [0.15, 0.2) is 5.82 Å². The van der Waals surface area contributed by atoms with Gasteiger partial charge in [0.25, 0.3) is 0 Å². The van der Waals surface area contributed by atoms with Crippen LogP contribution in [0.15, 0.2) is 73.2 Å². The fourth-order valence-corrected chi connectivity index (χ4v) is 2.89. The number of benzene rings is 2. The SMILES string of the molecule is Nc1ncnc2c(-c3ccccc3)cn(Cc3ccccc3)c12. The van der Waals surface area contributed by atoms with Crippen LogP contribution in [-0.4, -0.2) is 14.5 Å². The molecule has 0 fully saturated rings. The standard InChI is InChI=1S/C19H16N4/c20-19-18-17(21-13-22-19)16(15-9-5-2-6-10-15)12-23(18)11-14-7-3-1-4-8-14/h1-10,12-13H,11H2,(H2,20,21,22). The van der Waals surface area contributed by atoms with E-state index in [1.165, 1.54) is 11.9 Å². The highest BCUT2D eigenvalue weighted by Gasteiger charge is 2.14. The lowest BCUT2D eigenvalue weighted by molar-refractivity contribution is 0.836. The van der Waals surface area contributed by atoms with Crippen LogP contribution in [0.4, 0.5) is 5.82 Å². The molecule has 0 saturated heterocycles. The Morgan fingerprint density at radius 3 is 2.30 bits per heavy atom. The predicted molar refractivity (Wildman–Crippen MR) is 92.9 cm³/mol. The second kappa shape index (κ2) is 5.57. The van der Waals surface area contributed by atoms with Crippen LogP contribution in [-0.2, 0) is 6.54 Å². The Morgan fingerprint density at radius 2 is 1.57 bits per heavy atom. The van der Waals surface area contributed by atoms with Crippen molar-refractivity contribution in [1.82, 2.24) is 14.5 Å². The number of nitrogens with zero attached hydrogens (tertiary/aromatic N) is 3. The molecule has 0 saturated carbocycles. The third kappa shape index (κ3) is 2.44. The number of nitrogen functional groups attached to an aromatic ring is 1. The summed E-state index contributed by atoms with van der Waals surface area (Å²) < 4.78 is 2.13. The van der Waals surface area contributed by atoms with Gasteiger partial charge in [-0.3, -0.25) is 0 Å². The summed E-state index contributed by atoms with van der Waals surface area (Å²) >= 11 is 0. The molecular weight excluding hydrogens is 284 g/mol. The highest BCUT2D eigenvalue weighted by Crippen LogP contribution is 2.31. The van der Waals surface area contributed by atoms with E-state index in [0.717, 1.165) is 28.7 Å². The van der Waals surface area contributed by atoms with E-state index < -0.39 is 0 Å². The van der Waals surface area contributed by atoms with E-state index in [4.69, 9.17) is 5.73 Å². The molecule has 2 aromatic heterocycles. The first-order valence-electron chi connectivity index (χ1n) is 7.51. The summed E-state index contributed by atoms with van der Waals surface area (Å²) in [6.45, 7) is 0.738. The summed E-state index contributed by atoms with van der Waals surface area (Å²) in [6.07, 6.45) is 3.63. The van der Waals surface area contributed by atoms with Gasteiger partial charge in [0, 0.05) is 18.3 Å². The summed E-state index contributed by atoms with van der Waals surface area (Å²) in [5, 5.41) is 0. The summed E-state index contributed by atoms with van der Waals surface area (Å²) in [4.78, 5) is 8.63. The summed E-state index contributed by atoms with van der Waals surface area (Å²) in [5.74, 6) is 0.508. The number of rotatable bonds is 3. The molecule has 0 bridgehead atoms. The molecule has 2 N–H and O–H groups in total. The van der Waals surface area contributed by atoms with Gasteiger partial charge < -0.3 is 10.3 Å². The van der Waals surface area contributed by atoms with Crippen molar-refractivity contribution in [2.24, 2.45) is 0 Å². The Morgan fingerprint density at radius 1 is 0.870 bits per heavy atom. The first-order valence-corrected chi connectivity index (χ1v) is 7.51. The topological polar surface area (TPSA) is 56.7 Å². The maximum atomic E-state index is 6.13. The van der Waals surface area contributed by atoms with Crippen LogP contribution in [0, 0.1) is 0 Å². The van der Waals surface area contributed by atoms with Crippen molar-refractivity contribution in [2.45, 2.75) is 6.54 Å². The lowest BCUT2D eigenvalue weighted by atomic mass is 10.1. The minimum absolute atomic E-state index is 0.508. The number of hydrogen-bond donors (Lipinski definition) is 1. The van der Waals surface area contributed by atoms with Crippen LogP contribution in [0.2, 0.25) is 0 Å². The van der Waals surface area contributed by atoms with Gasteiger partial charge in [-0.2, -0.15) is 0 Å². The third-order valence-corrected chi connectivity index (χ3v) is 3.96. The molecule has 0 atom stereocenters. The van der Waals surface area contributed by atoms with Gasteiger partial charge in [0.1, 0.15) is 17.4 Å². The number of hydrogen-bond acceptors (Lipinski definition) is 3. The van der Waals surface area contributed by atoms with E-state index in [1.807, 2.05) is 36.4 Å². The minimum atomic E-state index is 0.508. The molecule has 0 unspecified atom stereocenters. The Balaban J connectivity index is 1.91. The fraction of sp³-hybridized carbons (Fsp3) is 0.0526. The van der Waals surface area contributed by atoms with Crippen molar-refractivity contribution in [3.63, 3.8) is 0 Å². The largest absolute Gasteiger partial charge is 0.382 e. The van der Waals surface area contributed by atoms with E-state index in [1.54, 1.807) is 0 Å². The molecule has 2 aromatic carbocycles. The van der Waals surface area contributed by atoms with Crippen LogP contribution in [0.3, 0.4) is 0 Å². The summed E-state index contributed by atoms with van der Waals surface area (Å²) in [7, 11) is 0. The third-order valence-electron chi connectivity index (χ3n) is 3.96. The molecule has 2 heterocycles. The first kappa shape index (κ1) is 13.5. The van der Waals surface area contributed by atoms with Crippen LogP contribution in [0.1, 0.15) is 5.56 Å². The van der Waals surface area contributed by atoms with Crippen molar-refractivity contribution in [2.75, 3.05) is 5.73 Å². The average Bonchev–Trinajstić information content (AvgIpc) is 2.96. The molecule has 4 rings (SSSR count). The van der Waals surface area contributed by atoms with Crippen LogP contribution in [0.5, 0.6) is 0 Å². The van der Waals surface area contributed by atoms with Crippen molar-refractivity contribution in [3.05, 3.63) is 78.8 Å². The van der Waals surface area contributed by atoms with Crippen molar-refractivity contribution < 1.29 is 0 Å². The zero-order valence-corrected chi connectivity index (χ0v) is 12.6. The Hall–Kier alpha value is -3.14. The smallest absolute Gasteiger partial charge is 0.151 e. The van der Waals surface area contributed by atoms with E-state index in [9.17, 15) is 0 Å². The van der Waals surface area contributed by atoms with Gasteiger partial charge in [-0.1, -0.05) is 60.7 Å². The normalized spacial score (nSPS) is 11.0. The Bertz CT molecular complexity index is 943.